The second kappa shape index (κ2) is 8.26. The van der Waals surface area contributed by atoms with Crippen LogP contribution in [0.4, 0.5) is 0 Å². The lowest BCUT2D eigenvalue weighted by Crippen LogP contribution is -2.38. The zero-order valence-electron chi connectivity index (χ0n) is 10.0. The monoisotopic (exact) mass is 207 g/mol. The van der Waals surface area contributed by atoms with Crippen molar-refractivity contribution in [2.45, 2.75) is 46.1 Å². The first-order valence-electron chi connectivity index (χ1n) is 5.63. The zero-order valence-corrected chi connectivity index (χ0v) is 10.0. The SMILES string of the molecule is CCC(CC#N)N(CCC#N)CC(C)C. The van der Waals surface area contributed by atoms with Crippen LogP contribution in [0.15, 0.2) is 0 Å². The summed E-state index contributed by atoms with van der Waals surface area (Å²) in [7, 11) is 0. The molecule has 3 heteroatoms. The number of hydrogen-bond donors (Lipinski definition) is 0. The van der Waals surface area contributed by atoms with Crippen molar-refractivity contribution in [3.8, 4) is 12.1 Å². The fourth-order valence-corrected chi connectivity index (χ4v) is 1.72. The molecule has 0 N–H and O–H groups in total. The molecule has 0 aliphatic rings. The van der Waals surface area contributed by atoms with E-state index in [4.69, 9.17) is 10.5 Å². The van der Waals surface area contributed by atoms with Gasteiger partial charge in [0, 0.05) is 25.6 Å². The van der Waals surface area contributed by atoms with E-state index in [1.807, 2.05) is 0 Å². The second-order valence-corrected chi connectivity index (χ2v) is 4.22. The van der Waals surface area contributed by atoms with E-state index < -0.39 is 0 Å². The Kier molecular flexibility index (Phi) is 7.68. The van der Waals surface area contributed by atoms with Gasteiger partial charge in [0.05, 0.1) is 18.6 Å². The lowest BCUT2D eigenvalue weighted by Gasteiger charge is -2.30. The molecule has 3 nitrogen and oxygen atoms in total. The van der Waals surface area contributed by atoms with Gasteiger partial charge >= 0.3 is 0 Å². The molecule has 0 aromatic carbocycles. The Morgan fingerprint density at radius 3 is 2.27 bits per heavy atom. The second-order valence-electron chi connectivity index (χ2n) is 4.22. The van der Waals surface area contributed by atoms with Gasteiger partial charge in [-0.3, -0.25) is 4.90 Å². The molecule has 0 amide bonds. The Bertz CT molecular complexity index is 234. The summed E-state index contributed by atoms with van der Waals surface area (Å²) in [4.78, 5) is 2.27. The van der Waals surface area contributed by atoms with Crippen molar-refractivity contribution in [2.75, 3.05) is 13.1 Å². The molecule has 0 saturated heterocycles. The van der Waals surface area contributed by atoms with Crippen LogP contribution in [0.25, 0.3) is 0 Å². The number of nitriles is 2. The first kappa shape index (κ1) is 13.9. The van der Waals surface area contributed by atoms with Crippen molar-refractivity contribution in [3.05, 3.63) is 0 Å². The first-order valence-corrected chi connectivity index (χ1v) is 5.63. The van der Waals surface area contributed by atoms with Crippen LogP contribution in [-0.4, -0.2) is 24.0 Å². The fourth-order valence-electron chi connectivity index (χ4n) is 1.72. The standard InChI is InChI=1S/C12H21N3/c1-4-12(6-8-14)15(9-5-7-13)10-11(2)3/h11-12H,4-6,9-10H2,1-3H3. The zero-order chi connectivity index (χ0) is 11.7. The highest BCUT2D eigenvalue weighted by molar-refractivity contribution is 4.84. The predicted molar refractivity (Wildman–Crippen MR) is 61.0 cm³/mol. The van der Waals surface area contributed by atoms with E-state index in [9.17, 15) is 0 Å². The third-order valence-corrected chi connectivity index (χ3v) is 2.43. The van der Waals surface area contributed by atoms with Crippen molar-refractivity contribution in [3.63, 3.8) is 0 Å². The average Bonchev–Trinajstić information content (AvgIpc) is 2.20. The molecular weight excluding hydrogens is 186 g/mol. The van der Waals surface area contributed by atoms with Gasteiger partial charge in [-0.2, -0.15) is 10.5 Å². The number of hydrogen-bond acceptors (Lipinski definition) is 3. The maximum Gasteiger partial charge on any atom is 0.0638 e. The minimum Gasteiger partial charge on any atom is -0.298 e. The highest BCUT2D eigenvalue weighted by Crippen LogP contribution is 2.11. The summed E-state index contributed by atoms with van der Waals surface area (Å²) >= 11 is 0. The molecule has 0 bridgehead atoms. The third-order valence-electron chi connectivity index (χ3n) is 2.43. The van der Waals surface area contributed by atoms with Crippen molar-refractivity contribution in [1.82, 2.24) is 4.90 Å². The van der Waals surface area contributed by atoms with Crippen LogP contribution >= 0.6 is 0 Å². The van der Waals surface area contributed by atoms with Crippen molar-refractivity contribution >= 4 is 0 Å². The molecule has 1 unspecified atom stereocenters. The Morgan fingerprint density at radius 1 is 1.20 bits per heavy atom. The highest BCUT2D eigenvalue weighted by Gasteiger charge is 2.16. The lowest BCUT2D eigenvalue weighted by atomic mass is 10.1. The molecule has 0 aliphatic carbocycles. The average molecular weight is 207 g/mol. The minimum absolute atomic E-state index is 0.311. The molecule has 1 atom stereocenters. The van der Waals surface area contributed by atoms with E-state index in [0.717, 1.165) is 19.5 Å². The van der Waals surface area contributed by atoms with E-state index >= 15 is 0 Å². The van der Waals surface area contributed by atoms with Crippen LogP contribution in [0.2, 0.25) is 0 Å². The minimum atomic E-state index is 0.311. The summed E-state index contributed by atoms with van der Waals surface area (Å²) in [5, 5.41) is 17.3. The number of nitrogens with zero attached hydrogens (tertiary/aromatic N) is 3. The predicted octanol–water partition coefficient (Wildman–Crippen LogP) is 2.55. The molecule has 0 rings (SSSR count). The molecule has 0 heterocycles. The van der Waals surface area contributed by atoms with E-state index in [-0.39, 0.29) is 0 Å². The quantitative estimate of drug-likeness (QED) is 0.644. The summed E-state index contributed by atoms with van der Waals surface area (Å²) in [6, 6.07) is 4.70. The molecule has 15 heavy (non-hydrogen) atoms. The normalized spacial score (nSPS) is 12.5. The third kappa shape index (κ3) is 6.10. The summed E-state index contributed by atoms with van der Waals surface area (Å²) in [5.41, 5.74) is 0. The van der Waals surface area contributed by atoms with E-state index in [1.54, 1.807) is 0 Å². The van der Waals surface area contributed by atoms with Gasteiger partial charge in [0.1, 0.15) is 0 Å². The van der Waals surface area contributed by atoms with Crippen LogP contribution in [0.5, 0.6) is 0 Å². The van der Waals surface area contributed by atoms with Crippen molar-refractivity contribution in [2.24, 2.45) is 5.92 Å². The molecule has 0 aromatic rings. The van der Waals surface area contributed by atoms with Crippen LogP contribution < -0.4 is 0 Å². The van der Waals surface area contributed by atoms with E-state index in [1.165, 1.54) is 0 Å². The Morgan fingerprint density at radius 2 is 1.87 bits per heavy atom. The topological polar surface area (TPSA) is 50.8 Å². The molecule has 0 saturated carbocycles. The molecule has 0 aliphatic heterocycles. The van der Waals surface area contributed by atoms with Gasteiger partial charge < -0.3 is 0 Å². The Labute approximate surface area is 93.3 Å². The van der Waals surface area contributed by atoms with Gasteiger partial charge in [-0.1, -0.05) is 20.8 Å². The van der Waals surface area contributed by atoms with Crippen molar-refractivity contribution < 1.29 is 0 Å². The smallest absolute Gasteiger partial charge is 0.0638 e. The Hall–Kier alpha value is -1.06. The summed E-state index contributed by atoms with van der Waals surface area (Å²) in [6.45, 7) is 8.19. The maximum absolute atomic E-state index is 8.73. The molecule has 84 valence electrons. The number of rotatable bonds is 7. The lowest BCUT2D eigenvalue weighted by molar-refractivity contribution is 0.176. The first-order chi connectivity index (χ1) is 7.15. The summed E-state index contributed by atoms with van der Waals surface area (Å²) < 4.78 is 0. The van der Waals surface area contributed by atoms with E-state index in [0.29, 0.717) is 24.8 Å². The largest absolute Gasteiger partial charge is 0.298 e. The molecule has 0 aromatic heterocycles. The van der Waals surface area contributed by atoms with Crippen LogP contribution in [0.3, 0.4) is 0 Å². The molecule has 0 spiro atoms. The fraction of sp³-hybridized carbons (Fsp3) is 0.833. The summed E-state index contributed by atoms with van der Waals surface area (Å²) in [5.74, 6) is 0.580. The van der Waals surface area contributed by atoms with Gasteiger partial charge in [0.25, 0.3) is 0 Å². The Balaban J connectivity index is 4.30. The molecular formula is C12H21N3. The van der Waals surface area contributed by atoms with Crippen molar-refractivity contribution in [1.29, 1.82) is 10.5 Å². The van der Waals surface area contributed by atoms with Gasteiger partial charge in [-0.05, 0) is 12.3 Å². The van der Waals surface area contributed by atoms with Gasteiger partial charge in [0.2, 0.25) is 0 Å². The van der Waals surface area contributed by atoms with E-state index in [2.05, 4.69) is 37.8 Å². The van der Waals surface area contributed by atoms with Gasteiger partial charge in [0.15, 0.2) is 0 Å². The molecule has 0 fully saturated rings. The van der Waals surface area contributed by atoms with Gasteiger partial charge in [-0.25, -0.2) is 0 Å². The maximum atomic E-state index is 8.73. The highest BCUT2D eigenvalue weighted by atomic mass is 15.1. The van der Waals surface area contributed by atoms with Crippen LogP contribution in [0.1, 0.15) is 40.0 Å². The van der Waals surface area contributed by atoms with Crippen LogP contribution in [-0.2, 0) is 0 Å². The molecule has 0 radical (unpaired) electrons. The van der Waals surface area contributed by atoms with Gasteiger partial charge in [-0.15, -0.1) is 0 Å². The van der Waals surface area contributed by atoms with Crippen LogP contribution in [0, 0.1) is 28.6 Å². The summed E-state index contributed by atoms with van der Waals surface area (Å²) in [6.07, 6.45) is 2.09.